The van der Waals surface area contributed by atoms with Crippen molar-refractivity contribution >= 4 is 0 Å². The van der Waals surface area contributed by atoms with Gasteiger partial charge in [0.05, 0.1) is 13.2 Å². The Hall–Kier alpha value is -0.120. The molecule has 0 amide bonds. The minimum absolute atomic E-state index is 0.0469. The van der Waals surface area contributed by atoms with Gasteiger partial charge in [-0.15, -0.1) is 0 Å². The molecule has 1 rings (SSSR count). The molecule has 14 heavy (non-hydrogen) atoms. The molecule has 0 aromatic rings. The van der Waals surface area contributed by atoms with Crippen LogP contribution in [0.1, 0.15) is 26.7 Å². The van der Waals surface area contributed by atoms with E-state index in [0.717, 1.165) is 12.5 Å². The number of hydrogen-bond donors (Lipinski definition) is 2. The van der Waals surface area contributed by atoms with Gasteiger partial charge < -0.3 is 15.1 Å². The maximum Gasteiger partial charge on any atom is 0.0519 e. The zero-order chi connectivity index (χ0) is 10.8. The minimum Gasteiger partial charge on any atom is -0.396 e. The topological polar surface area (TPSA) is 43.7 Å². The molecule has 2 N–H and O–H groups in total. The Morgan fingerprint density at radius 3 is 2.21 bits per heavy atom. The molecule has 0 aromatic carbocycles. The fourth-order valence-electron chi connectivity index (χ4n) is 1.83. The summed E-state index contributed by atoms with van der Waals surface area (Å²) in [5.41, 5.74) is -0.363. The highest BCUT2D eigenvalue weighted by Gasteiger charge is 2.33. The second-order valence-corrected chi connectivity index (χ2v) is 5.12. The summed E-state index contributed by atoms with van der Waals surface area (Å²) in [6.45, 7) is 5.00. The molecule has 0 radical (unpaired) electrons. The molecule has 1 unspecified atom stereocenters. The summed E-state index contributed by atoms with van der Waals surface area (Å²) in [7, 11) is 2.08. The molecule has 1 atom stereocenters. The van der Waals surface area contributed by atoms with E-state index >= 15 is 0 Å². The first-order chi connectivity index (χ1) is 6.52. The molecule has 0 aliphatic heterocycles. The van der Waals surface area contributed by atoms with E-state index in [-0.39, 0.29) is 18.6 Å². The third kappa shape index (κ3) is 2.94. The standard InChI is InChI=1S/C11H23NO2/c1-9(10-4-5-10)12(3)6-11(2,7-13)8-14/h9-10,13-14H,4-8H2,1-3H3. The largest absolute Gasteiger partial charge is 0.396 e. The predicted octanol–water partition coefficient (Wildman–Crippen LogP) is 0.708. The third-order valence-electron chi connectivity index (χ3n) is 3.39. The average molecular weight is 201 g/mol. The molecule has 0 saturated heterocycles. The summed E-state index contributed by atoms with van der Waals surface area (Å²) in [4.78, 5) is 2.25. The Kier molecular flexibility index (Phi) is 3.93. The van der Waals surface area contributed by atoms with Crippen LogP contribution in [0.25, 0.3) is 0 Å². The molecule has 1 aliphatic carbocycles. The van der Waals surface area contributed by atoms with Crippen LogP contribution in [0.5, 0.6) is 0 Å². The highest BCUT2D eigenvalue weighted by atomic mass is 16.3. The van der Waals surface area contributed by atoms with Gasteiger partial charge >= 0.3 is 0 Å². The average Bonchev–Trinajstić information content (AvgIpc) is 2.99. The molecule has 84 valence electrons. The maximum absolute atomic E-state index is 9.18. The van der Waals surface area contributed by atoms with Crippen LogP contribution < -0.4 is 0 Å². The number of aliphatic hydroxyl groups is 2. The van der Waals surface area contributed by atoms with Gasteiger partial charge in [0.2, 0.25) is 0 Å². The highest BCUT2D eigenvalue weighted by molar-refractivity contribution is 4.86. The summed E-state index contributed by atoms with van der Waals surface area (Å²) in [6.07, 6.45) is 2.67. The summed E-state index contributed by atoms with van der Waals surface area (Å²) in [5, 5.41) is 18.4. The molecule has 0 bridgehead atoms. The molecule has 3 heteroatoms. The van der Waals surface area contributed by atoms with E-state index in [9.17, 15) is 10.2 Å². The molecular weight excluding hydrogens is 178 g/mol. The van der Waals surface area contributed by atoms with Crippen LogP contribution in [-0.2, 0) is 0 Å². The Labute approximate surface area is 86.7 Å². The van der Waals surface area contributed by atoms with Crippen molar-refractivity contribution in [2.24, 2.45) is 11.3 Å². The fraction of sp³-hybridized carbons (Fsp3) is 1.00. The monoisotopic (exact) mass is 201 g/mol. The summed E-state index contributed by atoms with van der Waals surface area (Å²) >= 11 is 0. The lowest BCUT2D eigenvalue weighted by Crippen LogP contribution is -2.43. The van der Waals surface area contributed by atoms with Crippen molar-refractivity contribution in [3.05, 3.63) is 0 Å². The number of rotatable bonds is 6. The first-order valence-corrected chi connectivity index (χ1v) is 5.44. The molecule has 1 saturated carbocycles. The molecule has 1 fully saturated rings. The van der Waals surface area contributed by atoms with Crippen LogP contribution in [0, 0.1) is 11.3 Å². The van der Waals surface area contributed by atoms with E-state index in [1.54, 1.807) is 0 Å². The quantitative estimate of drug-likeness (QED) is 0.665. The second kappa shape index (κ2) is 4.60. The van der Waals surface area contributed by atoms with Crippen LogP contribution >= 0.6 is 0 Å². The van der Waals surface area contributed by atoms with Gasteiger partial charge in [-0.3, -0.25) is 0 Å². The van der Waals surface area contributed by atoms with E-state index in [1.807, 2.05) is 6.92 Å². The molecule has 0 spiro atoms. The lowest BCUT2D eigenvalue weighted by molar-refractivity contribution is 0.0303. The SMILES string of the molecule is CC(C1CC1)N(C)CC(C)(CO)CO. The van der Waals surface area contributed by atoms with Crippen LogP contribution in [0.4, 0.5) is 0 Å². The first kappa shape index (κ1) is 12.0. The van der Waals surface area contributed by atoms with Gasteiger partial charge in [0, 0.05) is 18.0 Å². The number of hydrogen-bond acceptors (Lipinski definition) is 3. The van der Waals surface area contributed by atoms with Gasteiger partial charge in [-0.05, 0) is 32.7 Å². The summed E-state index contributed by atoms with van der Waals surface area (Å²) in [6, 6.07) is 0.576. The van der Waals surface area contributed by atoms with Gasteiger partial charge in [-0.2, -0.15) is 0 Å². The summed E-state index contributed by atoms with van der Waals surface area (Å²) < 4.78 is 0. The zero-order valence-electron chi connectivity index (χ0n) is 9.53. The molecular formula is C11H23NO2. The molecule has 0 heterocycles. The normalized spacial score (nSPS) is 20.1. The fourth-order valence-corrected chi connectivity index (χ4v) is 1.83. The maximum atomic E-state index is 9.18. The minimum atomic E-state index is -0.363. The first-order valence-electron chi connectivity index (χ1n) is 5.44. The van der Waals surface area contributed by atoms with E-state index in [2.05, 4.69) is 18.9 Å². The molecule has 3 nitrogen and oxygen atoms in total. The van der Waals surface area contributed by atoms with Crippen LogP contribution in [0.15, 0.2) is 0 Å². The zero-order valence-corrected chi connectivity index (χ0v) is 9.53. The van der Waals surface area contributed by atoms with Gasteiger partial charge in [0.25, 0.3) is 0 Å². The van der Waals surface area contributed by atoms with Gasteiger partial charge in [0.1, 0.15) is 0 Å². The van der Waals surface area contributed by atoms with Gasteiger partial charge in [-0.1, -0.05) is 6.92 Å². The van der Waals surface area contributed by atoms with Crippen LogP contribution in [-0.4, -0.2) is 48.0 Å². The Balaban J connectivity index is 2.40. The lowest BCUT2D eigenvalue weighted by Gasteiger charge is -2.34. The van der Waals surface area contributed by atoms with Crippen molar-refractivity contribution in [2.45, 2.75) is 32.7 Å². The lowest BCUT2D eigenvalue weighted by atomic mass is 9.91. The molecule has 0 aromatic heterocycles. The summed E-state index contributed by atoms with van der Waals surface area (Å²) in [5.74, 6) is 0.835. The van der Waals surface area contributed by atoms with Crippen molar-refractivity contribution in [3.63, 3.8) is 0 Å². The van der Waals surface area contributed by atoms with Crippen molar-refractivity contribution in [1.29, 1.82) is 0 Å². The van der Waals surface area contributed by atoms with E-state index in [4.69, 9.17) is 0 Å². The van der Waals surface area contributed by atoms with Crippen molar-refractivity contribution in [3.8, 4) is 0 Å². The third-order valence-corrected chi connectivity index (χ3v) is 3.39. The van der Waals surface area contributed by atoms with E-state index in [1.165, 1.54) is 12.8 Å². The van der Waals surface area contributed by atoms with E-state index < -0.39 is 0 Å². The smallest absolute Gasteiger partial charge is 0.0519 e. The number of nitrogens with zero attached hydrogens (tertiary/aromatic N) is 1. The van der Waals surface area contributed by atoms with Crippen LogP contribution in [0.3, 0.4) is 0 Å². The Bertz CT molecular complexity index is 176. The predicted molar refractivity (Wildman–Crippen MR) is 57.1 cm³/mol. The van der Waals surface area contributed by atoms with Gasteiger partial charge in [-0.25, -0.2) is 0 Å². The number of aliphatic hydroxyl groups excluding tert-OH is 2. The molecule has 1 aliphatic rings. The van der Waals surface area contributed by atoms with Crippen molar-refractivity contribution in [2.75, 3.05) is 26.8 Å². The Morgan fingerprint density at radius 1 is 1.36 bits per heavy atom. The van der Waals surface area contributed by atoms with E-state index in [0.29, 0.717) is 6.04 Å². The highest BCUT2D eigenvalue weighted by Crippen LogP contribution is 2.35. The second-order valence-electron chi connectivity index (χ2n) is 5.12. The van der Waals surface area contributed by atoms with Crippen molar-refractivity contribution < 1.29 is 10.2 Å². The van der Waals surface area contributed by atoms with Crippen molar-refractivity contribution in [1.82, 2.24) is 4.90 Å². The Morgan fingerprint density at radius 2 is 1.86 bits per heavy atom. The van der Waals surface area contributed by atoms with Crippen LogP contribution in [0.2, 0.25) is 0 Å². The van der Waals surface area contributed by atoms with Gasteiger partial charge in [0.15, 0.2) is 0 Å².